The average Bonchev–Trinajstić information content (AvgIpc) is 2.47. The maximum Gasteiger partial charge on any atom is 0.0727 e. The summed E-state index contributed by atoms with van der Waals surface area (Å²) in [6.45, 7) is 10.1. The van der Waals surface area contributed by atoms with E-state index in [-0.39, 0.29) is 0 Å². The van der Waals surface area contributed by atoms with Gasteiger partial charge >= 0.3 is 0 Å². The van der Waals surface area contributed by atoms with Crippen molar-refractivity contribution in [1.29, 1.82) is 0 Å². The highest BCUT2D eigenvalue weighted by Crippen LogP contribution is 2.23. The van der Waals surface area contributed by atoms with E-state index in [4.69, 9.17) is 18.0 Å². The highest BCUT2D eigenvalue weighted by molar-refractivity contribution is 7.80. The number of rotatable bonds is 6. The van der Waals surface area contributed by atoms with E-state index >= 15 is 0 Å². The number of nitrogens with zero attached hydrogens (tertiary/aromatic N) is 2. The van der Waals surface area contributed by atoms with Gasteiger partial charge in [-0.2, -0.15) is 0 Å². The Labute approximate surface area is 134 Å². The Morgan fingerprint density at radius 2 is 1.86 bits per heavy atom. The summed E-state index contributed by atoms with van der Waals surface area (Å²) in [7, 11) is 0. The van der Waals surface area contributed by atoms with Gasteiger partial charge in [0.2, 0.25) is 0 Å². The molecule has 4 heteroatoms. The fourth-order valence-electron chi connectivity index (χ4n) is 2.93. The second-order valence-corrected chi connectivity index (χ2v) is 6.50. The van der Waals surface area contributed by atoms with Gasteiger partial charge in [-0.25, -0.2) is 0 Å². The zero-order chi connectivity index (χ0) is 15.2. The standard InChI is InChI=1S/C17H27N3S/c1-14-6-5-7-16(15(14)2)20-12-10-19(11-13-20)9-4-3-8-17(18)21/h5-7H,3-4,8-13H2,1-2H3,(H2,18,21). The summed E-state index contributed by atoms with van der Waals surface area (Å²) in [5.41, 5.74) is 9.74. The molecular formula is C17H27N3S. The van der Waals surface area contributed by atoms with Crippen molar-refractivity contribution in [2.45, 2.75) is 33.1 Å². The van der Waals surface area contributed by atoms with Gasteiger partial charge in [0, 0.05) is 31.9 Å². The van der Waals surface area contributed by atoms with Crippen LogP contribution in [0, 0.1) is 13.8 Å². The third kappa shape index (κ3) is 4.68. The van der Waals surface area contributed by atoms with Crippen LogP contribution in [0.15, 0.2) is 18.2 Å². The quantitative estimate of drug-likeness (QED) is 0.647. The van der Waals surface area contributed by atoms with E-state index in [1.807, 2.05) is 0 Å². The second kappa shape index (κ2) is 7.76. The summed E-state index contributed by atoms with van der Waals surface area (Å²) >= 11 is 4.92. The van der Waals surface area contributed by atoms with Crippen molar-refractivity contribution in [2.24, 2.45) is 5.73 Å². The molecule has 0 saturated carbocycles. The van der Waals surface area contributed by atoms with Crippen LogP contribution in [0.4, 0.5) is 5.69 Å². The SMILES string of the molecule is Cc1cccc(N2CCN(CCCCC(N)=S)CC2)c1C. The number of hydrogen-bond acceptors (Lipinski definition) is 3. The smallest absolute Gasteiger partial charge is 0.0727 e. The molecule has 21 heavy (non-hydrogen) atoms. The summed E-state index contributed by atoms with van der Waals surface area (Å²) in [6, 6.07) is 6.61. The third-order valence-corrected chi connectivity index (χ3v) is 4.64. The topological polar surface area (TPSA) is 32.5 Å². The Hall–Kier alpha value is -1.13. The summed E-state index contributed by atoms with van der Waals surface area (Å²) in [6.07, 6.45) is 3.20. The van der Waals surface area contributed by atoms with Crippen molar-refractivity contribution in [3.05, 3.63) is 29.3 Å². The lowest BCUT2D eigenvalue weighted by atomic mass is 10.1. The Morgan fingerprint density at radius 3 is 2.52 bits per heavy atom. The lowest BCUT2D eigenvalue weighted by Gasteiger charge is -2.37. The van der Waals surface area contributed by atoms with Crippen LogP contribution in [0.1, 0.15) is 30.4 Å². The minimum absolute atomic E-state index is 0.648. The van der Waals surface area contributed by atoms with Gasteiger partial charge in [0.15, 0.2) is 0 Å². The van der Waals surface area contributed by atoms with E-state index in [1.165, 1.54) is 29.8 Å². The van der Waals surface area contributed by atoms with Gasteiger partial charge in [0.25, 0.3) is 0 Å². The van der Waals surface area contributed by atoms with Crippen molar-refractivity contribution in [3.8, 4) is 0 Å². The molecule has 1 aromatic rings. The van der Waals surface area contributed by atoms with Crippen molar-refractivity contribution in [2.75, 3.05) is 37.6 Å². The van der Waals surface area contributed by atoms with Gasteiger partial charge in [-0.1, -0.05) is 24.4 Å². The fourth-order valence-corrected chi connectivity index (χ4v) is 3.07. The lowest BCUT2D eigenvalue weighted by molar-refractivity contribution is 0.253. The van der Waals surface area contributed by atoms with E-state index in [0.717, 1.165) is 39.0 Å². The second-order valence-electron chi connectivity index (χ2n) is 5.97. The minimum atomic E-state index is 0.648. The van der Waals surface area contributed by atoms with Crippen LogP contribution in [0.2, 0.25) is 0 Å². The van der Waals surface area contributed by atoms with Crippen molar-refractivity contribution in [3.63, 3.8) is 0 Å². The predicted molar refractivity (Wildman–Crippen MR) is 95.2 cm³/mol. The average molecular weight is 305 g/mol. The molecule has 0 bridgehead atoms. The van der Waals surface area contributed by atoms with Gasteiger partial charge in [-0.3, -0.25) is 4.90 Å². The number of thiocarbonyl (C=S) groups is 1. The van der Waals surface area contributed by atoms with Gasteiger partial charge in [0.05, 0.1) is 4.99 Å². The lowest BCUT2D eigenvalue weighted by Crippen LogP contribution is -2.46. The van der Waals surface area contributed by atoms with E-state index in [9.17, 15) is 0 Å². The zero-order valence-electron chi connectivity index (χ0n) is 13.3. The van der Waals surface area contributed by atoms with E-state index < -0.39 is 0 Å². The molecule has 1 fully saturated rings. The first-order chi connectivity index (χ1) is 10.1. The van der Waals surface area contributed by atoms with Crippen LogP contribution in [0.3, 0.4) is 0 Å². The van der Waals surface area contributed by atoms with Gasteiger partial charge in [-0.15, -0.1) is 0 Å². The van der Waals surface area contributed by atoms with Gasteiger partial charge in [0.1, 0.15) is 0 Å². The molecule has 1 saturated heterocycles. The van der Waals surface area contributed by atoms with Crippen LogP contribution in [-0.4, -0.2) is 42.6 Å². The van der Waals surface area contributed by atoms with Gasteiger partial charge in [-0.05, 0) is 56.8 Å². The molecule has 0 unspecified atom stereocenters. The maximum absolute atomic E-state index is 5.53. The highest BCUT2D eigenvalue weighted by atomic mass is 32.1. The van der Waals surface area contributed by atoms with Crippen molar-refractivity contribution in [1.82, 2.24) is 4.90 Å². The number of hydrogen-bond donors (Lipinski definition) is 1. The van der Waals surface area contributed by atoms with Crippen LogP contribution < -0.4 is 10.6 Å². The molecule has 2 rings (SSSR count). The first-order valence-electron chi connectivity index (χ1n) is 7.90. The van der Waals surface area contributed by atoms with Crippen LogP contribution in [0.25, 0.3) is 0 Å². The molecule has 0 spiro atoms. The molecule has 1 aromatic carbocycles. The Morgan fingerprint density at radius 1 is 1.14 bits per heavy atom. The molecule has 0 aromatic heterocycles. The number of piperazine rings is 1. The zero-order valence-corrected chi connectivity index (χ0v) is 14.1. The van der Waals surface area contributed by atoms with Crippen LogP contribution in [0.5, 0.6) is 0 Å². The Bertz CT molecular complexity index is 479. The summed E-state index contributed by atoms with van der Waals surface area (Å²) in [4.78, 5) is 5.73. The van der Waals surface area contributed by atoms with E-state index in [1.54, 1.807) is 0 Å². The molecular weight excluding hydrogens is 278 g/mol. The van der Waals surface area contributed by atoms with Gasteiger partial charge < -0.3 is 10.6 Å². The monoisotopic (exact) mass is 305 g/mol. The van der Waals surface area contributed by atoms with E-state index in [2.05, 4.69) is 41.8 Å². The number of aryl methyl sites for hydroxylation is 1. The number of nitrogens with two attached hydrogens (primary N) is 1. The van der Waals surface area contributed by atoms with Crippen LogP contribution in [-0.2, 0) is 0 Å². The molecule has 0 radical (unpaired) electrons. The fraction of sp³-hybridized carbons (Fsp3) is 0.588. The number of anilines is 1. The first-order valence-corrected chi connectivity index (χ1v) is 8.30. The Balaban J connectivity index is 1.78. The maximum atomic E-state index is 5.53. The predicted octanol–water partition coefficient (Wildman–Crippen LogP) is 2.88. The normalized spacial score (nSPS) is 16.2. The Kier molecular flexibility index (Phi) is 6.00. The summed E-state index contributed by atoms with van der Waals surface area (Å²) < 4.78 is 0. The number of benzene rings is 1. The summed E-state index contributed by atoms with van der Waals surface area (Å²) in [5, 5.41) is 0. The molecule has 2 N–H and O–H groups in total. The summed E-state index contributed by atoms with van der Waals surface area (Å²) in [5.74, 6) is 0. The molecule has 1 heterocycles. The van der Waals surface area contributed by atoms with Crippen molar-refractivity contribution < 1.29 is 0 Å². The minimum Gasteiger partial charge on any atom is -0.393 e. The molecule has 116 valence electrons. The largest absolute Gasteiger partial charge is 0.393 e. The number of unbranched alkanes of at least 4 members (excludes halogenated alkanes) is 1. The molecule has 0 atom stereocenters. The molecule has 1 aliphatic heterocycles. The first kappa shape index (κ1) is 16.2. The van der Waals surface area contributed by atoms with Crippen LogP contribution >= 0.6 is 12.2 Å². The molecule has 3 nitrogen and oxygen atoms in total. The van der Waals surface area contributed by atoms with E-state index in [0.29, 0.717) is 4.99 Å². The third-order valence-electron chi connectivity index (χ3n) is 4.44. The molecule has 1 aliphatic rings. The van der Waals surface area contributed by atoms with Crippen molar-refractivity contribution >= 4 is 22.9 Å². The highest BCUT2D eigenvalue weighted by Gasteiger charge is 2.18. The molecule has 0 amide bonds. The molecule has 0 aliphatic carbocycles.